The fourth-order valence-corrected chi connectivity index (χ4v) is 1.62. The van der Waals surface area contributed by atoms with E-state index in [1.54, 1.807) is 24.3 Å². The third-order valence-electron chi connectivity index (χ3n) is 2.23. The highest BCUT2D eigenvalue weighted by atomic mass is 35.5. The minimum atomic E-state index is -0.292. The van der Waals surface area contributed by atoms with Crippen LogP contribution in [0.25, 0.3) is 0 Å². The van der Waals surface area contributed by atoms with Gasteiger partial charge in [-0.1, -0.05) is 23.2 Å². The summed E-state index contributed by atoms with van der Waals surface area (Å²) in [6.45, 7) is 0. The van der Waals surface area contributed by atoms with Gasteiger partial charge in [-0.25, -0.2) is 4.98 Å². The minimum Gasteiger partial charge on any atom is -0.384 e. The number of nitrogens with one attached hydrogen (secondary N) is 1. The Bertz CT molecular complexity index is 584. The molecule has 0 aliphatic heterocycles. The van der Waals surface area contributed by atoms with Crippen molar-refractivity contribution in [2.75, 3.05) is 11.1 Å². The second kappa shape index (κ2) is 5.25. The number of nitrogen functional groups attached to an aromatic ring is 1. The van der Waals surface area contributed by atoms with Crippen molar-refractivity contribution < 1.29 is 4.79 Å². The summed E-state index contributed by atoms with van der Waals surface area (Å²) >= 11 is 11.6. The van der Waals surface area contributed by atoms with Crippen molar-refractivity contribution >= 4 is 40.6 Å². The van der Waals surface area contributed by atoms with Crippen molar-refractivity contribution in [3.05, 3.63) is 52.1 Å². The standard InChI is InChI=1S/C12H9Cl2N3O/c13-9-3-1-7(5-10(9)14)12(18)17-8-2-4-11(15)16-6-8/h1-6H,(H2,15,16)(H,17,18). The van der Waals surface area contributed by atoms with Gasteiger partial charge >= 0.3 is 0 Å². The normalized spacial score (nSPS) is 10.1. The number of nitrogens with two attached hydrogens (primary N) is 1. The molecule has 0 bridgehead atoms. The van der Waals surface area contributed by atoms with Crippen LogP contribution >= 0.6 is 23.2 Å². The van der Waals surface area contributed by atoms with Gasteiger partial charge in [-0.15, -0.1) is 0 Å². The SMILES string of the molecule is Nc1ccc(NC(=O)c2ccc(Cl)c(Cl)c2)cn1. The zero-order valence-corrected chi connectivity index (χ0v) is 10.7. The van der Waals surface area contributed by atoms with Gasteiger partial charge in [0.25, 0.3) is 5.91 Å². The monoisotopic (exact) mass is 281 g/mol. The summed E-state index contributed by atoms with van der Waals surface area (Å²) in [7, 11) is 0. The Morgan fingerprint density at radius 1 is 1.17 bits per heavy atom. The van der Waals surface area contributed by atoms with Crippen LogP contribution in [-0.2, 0) is 0 Å². The van der Waals surface area contributed by atoms with Crippen LogP contribution in [-0.4, -0.2) is 10.9 Å². The second-order valence-electron chi connectivity index (χ2n) is 3.55. The van der Waals surface area contributed by atoms with Gasteiger partial charge < -0.3 is 11.1 Å². The number of carbonyl (C=O) groups is 1. The van der Waals surface area contributed by atoms with Crippen molar-refractivity contribution in [2.24, 2.45) is 0 Å². The number of rotatable bonds is 2. The highest BCUT2D eigenvalue weighted by Gasteiger charge is 2.08. The van der Waals surface area contributed by atoms with E-state index in [2.05, 4.69) is 10.3 Å². The van der Waals surface area contributed by atoms with Crippen LogP contribution < -0.4 is 11.1 Å². The molecular formula is C12H9Cl2N3O. The summed E-state index contributed by atoms with van der Waals surface area (Å²) in [4.78, 5) is 15.8. The fraction of sp³-hybridized carbons (Fsp3) is 0. The van der Waals surface area contributed by atoms with Gasteiger partial charge in [0.15, 0.2) is 0 Å². The molecular weight excluding hydrogens is 273 g/mol. The summed E-state index contributed by atoms with van der Waals surface area (Å²) in [5.74, 6) is 0.0997. The van der Waals surface area contributed by atoms with Crippen LogP contribution in [0, 0.1) is 0 Å². The average molecular weight is 282 g/mol. The van der Waals surface area contributed by atoms with Gasteiger partial charge in [-0.2, -0.15) is 0 Å². The third-order valence-corrected chi connectivity index (χ3v) is 2.97. The molecule has 0 saturated heterocycles. The molecule has 0 fully saturated rings. The maximum Gasteiger partial charge on any atom is 0.255 e. The Morgan fingerprint density at radius 3 is 2.56 bits per heavy atom. The van der Waals surface area contributed by atoms with E-state index in [-0.39, 0.29) is 5.91 Å². The van der Waals surface area contributed by atoms with Crippen molar-refractivity contribution in [3.63, 3.8) is 0 Å². The lowest BCUT2D eigenvalue weighted by molar-refractivity contribution is 0.102. The molecule has 1 amide bonds. The van der Waals surface area contributed by atoms with Crippen molar-refractivity contribution in [1.29, 1.82) is 0 Å². The number of hydrogen-bond acceptors (Lipinski definition) is 3. The number of hydrogen-bond donors (Lipinski definition) is 2. The molecule has 0 spiro atoms. The summed E-state index contributed by atoms with van der Waals surface area (Å²) in [6, 6.07) is 7.93. The van der Waals surface area contributed by atoms with Crippen LogP contribution in [0.1, 0.15) is 10.4 Å². The van der Waals surface area contributed by atoms with Gasteiger partial charge in [0.05, 0.1) is 21.9 Å². The number of amides is 1. The first-order chi connectivity index (χ1) is 8.56. The number of pyridine rings is 1. The minimum absolute atomic E-state index is 0.292. The van der Waals surface area contributed by atoms with Gasteiger partial charge in [-0.3, -0.25) is 4.79 Å². The van der Waals surface area contributed by atoms with E-state index >= 15 is 0 Å². The number of aromatic nitrogens is 1. The third kappa shape index (κ3) is 2.91. The first-order valence-electron chi connectivity index (χ1n) is 5.04. The second-order valence-corrected chi connectivity index (χ2v) is 4.37. The Kier molecular flexibility index (Phi) is 3.69. The van der Waals surface area contributed by atoms with E-state index in [0.29, 0.717) is 27.1 Å². The molecule has 1 heterocycles. The molecule has 0 aliphatic carbocycles. The lowest BCUT2D eigenvalue weighted by Crippen LogP contribution is -2.12. The molecule has 92 valence electrons. The van der Waals surface area contributed by atoms with E-state index < -0.39 is 0 Å². The average Bonchev–Trinajstić information content (AvgIpc) is 2.35. The number of benzene rings is 1. The van der Waals surface area contributed by atoms with Crippen LogP contribution in [0.15, 0.2) is 36.5 Å². The quantitative estimate of drug-likeness (QED) is 0.888. The molecule has 0 atom stereocenters. The van der Waals surface area contributed by atoms with E-state index in [1.165, 1.54) is 12.3 Å². The Balaban J connectivity index is 2.16. The largest absolute Gasteiger partial charge is 0.384 e. The molecule has 6 heteroatoms. The number of nitrogens with zero attached hydrogens (tertiary/aromatic N) is 1. The first kappa shape index (κ1) is 12.7. The Labute approximate surface area is 114 Å². The highest BCUT2D eigenvalue weighted by molar-refractivity contribution is 6.42. The van der Waals surface area contributed by atoms with Crippen LogP contribution in [0.4, 0.5) is 11.5 Å². The fourth-order valence-electron chi connectivity index (χ4n) is 1.32. The van der Waals surface area contributed by atoms with Crippen LogP contribution in [0.5, 0.6) is 0 Å². The summed E-state index contributed by atoms with van der Waals surface area (Å²) < 4.78 is 0. The molecule has 4 nitrogen and oxygen atoms in total. The first-order valence-corrected chi connectivity index (χ1v) is 5.80. The van der Waals surface area contributed by atoms with E-state index in [1.807, 2.05) is 0 Å². The van der Waals surface area contributed by atoms with Crippen LogP contribution in [0.2, 0.25) is 10.0 Å². The lowest BCUT2D eigenvalue weighted by Gasteiger charge is -2.05. The van der Waals surface area contributed by atoms with E-state index in [9.17, 15) is 4.79 Å². The number of halogens is 2. The van der Waals surface area contributed by atoms with Crippen molar-refractivity contribution in [1.82, 2.24) is 4.98 Å². The molecule has 1 aromatic heterocycles. The maximum absolute atomic E-state index is 11.9. The molecule has 1 aromatic carbocycles. The van der Waals surface area contributed by atoms with Crippen LogP contribution in [0.3, 0.4) is 0 Å². The van der Waals surface area contributed by atoms with Gasteiger partial charge in [-0.05, 0) is 30.3 Å². The molecule has 0 radical (unpaired) electrons. The Morgan fingerprint density at radius 2 is 1.94 bits per heavy atom. The summed E-state index contributed by atoms with van der Waals surface area (Å²) in [6.07, 6.45) is 1.48. The molecule has 0 aliphatic rings. The topological polar surface area (TPSA) is 68.0 Å². The maximum atomic E-state index is 11.9. The number of carbonyl (C=O) groups excluding carboxylic acids is 1. The van der Waals surface area contributed by atoms with Crippen molar-refractivity contribution in [2.45, 2.75) is 0 Å². The molecule has 0 unspecified atom stereocenters. The molecule has 2 aromatic rings. The van der Waals surface area contributed by atoms with Gasteiger partial charge in [0, 0.05) is 5.56 Å². The number of anilines is 2. The van der Waals surface area contributed by atoms with E-state index in [0.717, 1.165) is 0 Å². The lowest BCUT2D eigenvalue weighted by atomic mass is 10.2. The highest BCUT2D eigenvalue weighted by Crippen LogP contribution is 2.23. The van der Waals surface area contributed by atoms with Crippen molar-refractivity contribution in [3.8, 4) is 0 Å². The Hall–Kier alpha value is -1.78. The zero-order chi connectivity index (χ0) is 13.1. The molecule has 0 saturated carbocycles. The predicted molar refractivity (Wildman–Crippen MR) is 73.1 cm³/mol. The van der Waals surface area contributed by atoms with E-state index in [4.69, 9.17) is 28.9 Å². The summed E-state index contributed by atoms with van der Waals surface area (Å²) in [5.41, 5.74) is 6.42. The molecule has 18 heavy (non-hydrogen) atoms. The predicted octanol–water partition coefficient (Wildman–Crippen LogP) is 3.22. The smallest absolute Gasteiger partial charge is 0.255 e. The van der Waals surface area contributed by atoms with Gasteiger partial charge in [0.2, 0.25) is 0 Å². The zero-order valence-electron chi connectivity index (χ0n) is 9.15. The molecule has 3 N–H and O–H groups in total. The molecule has 2 rings (SSSR count). The summed E-state index contributed by atoms with van der Waals surface area (Å²) in [5, 5.41) is 3.41. The van der Waals surface area contributed by atoms with Gasteiger partial charge in [0.1, 0.15) is 5.82 Å².